The van der Waals surface area contributed by atoms with Crippen molar-refractivity contribution in [2.24, 2.45) is 0 Å². The van der Waals surface area contributed by atoms with Gasteiger partial charge in [-0.25, -0.2) is 0 Å². The van der Waals surface area contributed by atoms with Gasteiger partial charge in [0.1, 0.15) is 5.75 Å². The molecule has 0 spiro atoms. The molecule has 1 aromatic carbocycles. The first-order valence-electron chi connectivity index (χ1n) is 8.32. The van der Waals surface area contributed by atoms with E-state index in [2.05, 4.69) is 28.6 Å². The molecule has 4 nitrogen and oxygen atoms in total. The first kappa shape index (κ1) is 17.0. The van der Waals surface area contributed by atoms with E-state index in [4.69, 9.17) is 4.74 Å². The van der Waals surface area contributed by atoms with Crippen molar-refractivity contribution in [2.45, 2.75) is 32.4 Å². The molecule has 0 unspecified atom stereocenters. The van der Waals surface area contributed by atoms with Crippen LogP contribution in [-0.4, -0.2) is 31.0 Å². The average molecular weight is 344 g/mol. The largest absolute Gasteiger partial charge is 0.496 e. The molecule has 2 atom stereocenters. The van der Waals surface area contributed by atoms with Crippen LogP contribution in [-0.2, 0) is 11.2 Å². The summed E-state index contributed by atoms with van der Waals surface area (Å²) in [4.78, 5) is 16.2. The number of thiophene rings is 1. The fraction of sp³-hybridized carbons (Fsp3) is 0.421. The third kappa shape index (κ3) is 3.47. The van der Waals surface area contributed by atoms with Crippen molar-refractivity contribution in [1.82, 2.24) is 10.2 Å². The van der Waals surface area contributed by atoms with E-state index >= 15 is 0 Å². The van der Waals surface area contributed by atoms with Crippen molar-refractivity contribution in [2.75, 3.05) is 20.2 Å². The topological polar surface area (TPSA) is 41.6 Å². The number of carbonyl (C=O) groups is 1. The Balaban J connectivity index is 1.62. The van der Waals surface area contributed by atoms with E-state index < -0.39 is 0 Å². The van der Waals surface area contributed by atoms with Gasteiger partial charge in [0.2, 0.25) is 5.91 Å². The molecule has 0 fully saturated rings. The van der Waals surface area contributed by atoms with Gasteiger partial charge in [-0.05, 0) is 43.3 Å². The van der Waals surface area contributed by atoms with Crippen LogP contribution in [0.4, 0.5) is 0 Å². The zero-order valence-electron chi connectivity index (χ0n) is 14.4. The molecular formula is C19H24N2O2S. The quantitative estimate of drug-likeness (QED) is 0.902. The van der Waals surface area contributed by atoms with Crippen molar-refractivity contribution in [3.05, 3.63) is 51.7 Å². The van der Waals surface area contributed by atoms with Gasteiger partial charge in [-0.1, -0.05) is 18.2 Å². The summed E-state index contributed by atoms with van der Waals surface area (Å²) in [6.45, 7) is 5.54. The summed E-state index contributed by atoms with van der Waals surface area (Å²) in [5.74, 6) is 0.860. The van der Waals surface area contributed by atoms with Crippen LogP contribution in [0.25, 0.3) is 0 Å². The van der Waals surface area contributed by atoms with E-state index in [1.54, 1.807) is 7.11 Å². The third-order valence-electron chi connectivity index (χ3n) is 4.73. The van der Waals surface area contributed by atoms with Crippen molar-refractivity contribution >= 4 is 17.2 Å². The molecular weight excluding hydrogens is 320 g/mol. The maximum atomic E-state index is 12.5. The Kier molecular flexibility index (Phi) is 5.21. The van der Waals surface area contributed by atoms with Crippen LogP contribution < -0.4 is 10.1 Å². The summed E-state index contributed by atoms with van der Waals surface area (Å²) in [6, 6.07) is 10.2. The Morgan fingerprint density at radius 3 is 3.00 bits per heavy atom. The summed E-state index contributed by atoms with van der Waals surface area (Å²) in [5, 5.41) is 5.25. The first-order valence-corrected chi connectivity index (χ1v) is 9.20. The molecule has 0 saturated heterocycles. The number of hydrogen-bond acceptors (Lipinski definition) is 4. The van der Waals surface area contributed by atoms with Crippen LogP contribution >= 0.6 is 11.3 Å². The number of rotatable bonds is 5. The molecule has 0 aliphatic carbocycles. The van der Waals surface area contributed by atoms with Crippen LogP contribution in [0, 0.1) is 0 Å². The first-order chi connectivity index (χ1) is 11.6. The van der Waals surface area contributed by atoms with Gasteiger partial charge < -0.3 is 10.1 Å². The molecule has 3 rings (SSSR count). The second kappa shape index (κ2) is 7.36. The van der Waals surface area contributed by atoms with E-state index in [0.717, 1.165) is 24.3 Å². The van der Waals surface area contributed by atoms with Crippen LogP contribution in [0.2, 0.25) is 0 Å². The summed E-state index contributed by atoms with van der Waals surface area (Å²) in [5.41, 5.74) is 2.37. The minimum absolute atomic E-state index is 0.0546. The average Bonchev–Trinajstić information content (AvgIpc) is 3.06. The second-order valence-corrected chi connectivity index (χ2v) is 7.23. The molecule has 1 aromatic heterocycles. The van der Waals surface area contributed by atoms with E-state index in [1.807, 2.05) is 42.5 Å². The van der Waals surface area contributed by atoms with Crippen molar-refractivity contribution < 1.29 is 9.53 Å². The highest BCUT2D eigenvalue weighted by Crippen LogP contribution is 2.32. The van der Waals surface area contributed by atoms with Gasteiger partial charge in [0, 0.05) is 23.0 Å². The molecule has 0 radical (unpaired) electrons. The van der Waals surface area contributed by atoms with Crippen LogP contribution in [0.1, 0.15) is 41.9 Å². The smallest absolute Gasteiger partial charge is 0.234 e. The predicted octanol–water partition coefficient (Wildman–Crippen LogP) is 3.55. The molecule has 5 heteroatoms. The lowest BCUT2D eigenvalue weighted by molar-refractivity contribution is -0.123. The third-order valence-corrected chi connectivity index (χ3v) is 5.73. The minimum Gasteiger partial charge on any atom is -0.496 e. The van der Waals surface area contributed by atoms with Gasteiger partial charge in [-0.15, -0.1) is 11.3 Å². The summed E-state index contributed by atoms with van der Waals surface area (Å²) < 4.78 is 5.38. The van der Waals surface area contributed by atoms with E-state index in [9.17, 15) is 4.79 Å². The van der Waals surface area contributed by atoms with E-state index in [0.29, 0.717) is 12.6 Å². The molecule has 0 bridgehead atoms. The van der Waals surface area contributed by atoms with Crippen LogP contribution in [0.5, 0.6) is 5.75 Å². The Morgan fingerprint density at radius 2 is 2.21 bits per heavy atom. The standard InChI is InChI=1S/C19H24N2O2S/c1-13(15-6-4-5-7-17(15)23-3)20-19(22)12-21-10-8-18-16(14(21)2)9-11-24-18/h4-7,9,11,13-14H,8,10,12H2,1-3H3,(H,20,22)/t13-,14+/m1/s1. The van der Waals surface area contributed by atoms with Crippen molar-refractivity contribution in [3.63, 3.8) is 0 Å². The van der Waals surface area contributed by atoms with Crippen molar-refractivity contribution in [1.29, 1.82) is 0 Å². The predicted molar refractivity (Wildman–Crippen MR) is 97.6 cm³/mol. The summed E-state index contributed by atoms with van der Waals surface area (Å²) in [6.07, 6.45) is 1.03. The summed E-state index contributed by atoms with van der Waals surface area (Å²) >= 11 is 1.82. The highest BCUT2D eigenvalue weighted by molar-refractivity contribution is 7.10. The van der Waals surface area contributed by atoms with Gasteiger partial charge in [-0.2, -0.15) is 0 Å². The van der Waals surface area contributed by atoms with Gasteiger partial charge in [0.25, 0.3) is 0 Å². The number of amides is 1. The number of fused-ring (bicyclic) bond motifs is 1. The maximum Gasteiger partial charge on any atom is 0.234 e. The number of nitrogens with zero attached hydrogens (tertiary/aromatic N) is 1. The highest BCUT2D eigenvalue weighted by Gasteiger charge is 2.26. The zero-order valence-corrected chi connectivity index (χ0v) is 15.2. The highest BCUT2D eigenvalue weighted by atomic mass is 32.1. The van der Waals surface area contributed by atoms with Gasteiger partial charge in [0.05, 0.1) is 19.7 Å². The van der Waals surface area contributed by atoms with Crippen molar-refractivity contribution in [3.8, 4) is 5.75 Å². The monoisotopic (exact) mass is 344 g/mol. The molecule has 128 valence electrons. The van der Waals surface area contributed by atoms with E-state index in [1.165, 1.54) is 10.4 Å². The Bertz CT molecular complexity index is 713. The Labute approximate surface area is 147 Å². The molecule has 0 saturated carbocycles. The number of nitrogens with one attached hydrogen (secondary N) is 1. The van der Waals surface area contributed by atoms with Gasteiger partial charge >= 0.3 is 0 Å². The number of para-hydroxylation sites is 1. The normalized spacial score (nSPS) is 18.7. The Morgan fingerprint density at radius 1 is 1.42 bits per heavy atom. The fourth-order valence-electron chi connectivity index (χ4n) is 3.35. The number of methoxy groups -OCH3 is 1. The lowest BCUT2D eigenvalue weighted by Gasteiger charge is -2.33. The van der Waals surface area contributed by atoms with Gasteiger partial charge in [0.15, 0.2) is 0 Å². The number of carbonyl (C=O) groups excluding carboxylic acids is 1. The SMILES string of the molecule is COc1ccccc1[C@@H](C)NC(=O)CN1CCc2sccc2[C@@H]1C. The minimum atomic E-state index is -0.0783. The Hall–Kier alpha value is -1.85. The molecule has 2 aromatic rings. The molecule has 1 amide bonds. The summed E-state index contributed by atoms with van der Waals surface area (Å²) in [7, 11) is 1.65. The number of hydrogen-bond donors (Lipinski definition) is 1. The lowest BCUT2D eigenvalue weighted by atomic mass is 10.0. The zero-order chi connectivity index (χ0) is 17.1. The maximum absolute atomic E-state index is 12.5. The lowest BCUT2D eigenvalue weighted by Crippen LogP contribution is -2.42. The fourth-order valence-corrected chi connectivity index (χ4v) is 4.31. The number of benzene rings is 1. The molecule has 24 heavy (non-hydrogen) atoms. The van der Waals surface area contributed by atoms with Crippen LogP contribution in [0.3, 0.4) is 0 Å². The van der Waals surface area contributed by atoms with Gasteiger partial charge in [-0.3, -0.25) is 9.69 Å². The van der Waals surface area contributed by atoms with Crippen LogP contribution in [0.15, 0.2) is 35.7 Å². The molecule has 1 aliphatic rings. The van der Waals surface area contributed by atoms with E-state index in [-0.39, 0.29) is 11.9 Å². The second-order valence-electron chi connectivity index (χ2n) is 6.23. The molecule has 1 N–H and O–H groups in total. The number of ether oxygens (including phenoxy) is 1. The molecule has 1 aliphatic heterocycles. The molecule has 2 heterocycles.